The number of esters is 1. The van der Waals surface area contributed by atoms with Crippen LogP contribution in [0.1, 0.15) is 19.8 Å². The molecule has 2 fully saturated rings. The maximum absolute atomic E-state index is 12.3. The fourth-order valence-electron chi connectivity index (χ4n) is 2.56. The largest absolute Gasteiger partial charge is 0.466 e. The Kier molecular flexibility index (Phi) is 5.01. The summed E-state index contributed by atoms with van der Waals surface area (Å²) in [5.41, 5.74) is 0. The van der Waals surface area contributed by atoms with Crippen molar-refractivity contribution >= 4 is 12.0 Å². The van der Waals surface area contributed by atoms with Gasteiger partial charge in [0.1, 0.15) is 0 Å². The Morgan fingerprint density at radius 1 is 1.21 bits per heavy atom. The highest BCUT2D eigenvalue weighted by Gasteiger charge is 2.31. The molecule has 2 rings (SSSR count). The van der Waals surface area contributed by atoms with E-state index in [4.69, 9.17) is 9.47 Å². The number of carbonyl (C=O) groups is 2. The molecule has 2 heterocycles. The molecule has 2 saturated heterocycles. The van der Waals surface area contributed by atoms with Gasteiger partial charge in [0.05, 0.1) is 25.7 Å². The van der Waals surface area contributed by atoms with Gasteiger partial charge in [-0.05, 0) is 19.8 Å². The van der Waals surface area contributed by atoms with Crippen molar-refractivity contribution in [1.82, 2.24) is 9.80 Å². The number of likely N-dealkylation sites (tertiary alicyclic amines) is 1. The molecule has 0 aliphatic carbocycles. The molecule has 0 aromatic rings. The van der Waals surface area contributed by atoms with E-state index in [-0.39, 0.29) is 17.9 Å². The number of carbonyl (C=O) groups excluding carboxylic acids is 2. The number of hydrogen-bond acceptors (Lipinski definition) is 4. The second-order valence-electron chi connectivity index (χ2n) is 4.92. The number of urea groups is 1. The summed E-state index contributed by atoms with van der Waals surface area (Å²) in [6.07, 6.45) is 1.67. The lowest BCUT2D eigenvalue weighted by atomic mass is 9.98. The Balaban J connectivity index is 1.89. The van der Waals surface area contributed by atoms with Crippen LogP contribution in [0.5, 0.6) is 0 Å². The molecule has 0 unspecified atom stereocenters. The van der Waals surface area contributed by atoms with Crippen molar-refractivity contribution in [2.45, 2.75) is 19.8 Å². The number of rotatable bonds is 2. The highest BCUT2D eigenvalue weighted by atomic mass is 16.5. The van der Waals surface area contributed by atoms with Gasteiger partial charge in [-0.25, -0.2) is 4.79 Å². The van der Waals surface area contributed by atoms with Crippen LogP contribution in [0.15, 0.2) is 0 Å². The predicted molar refractivity (Wildman–Crippen MR) is 68.7 cm³/mol. The van der Waals surface area contributed by atoms with Crippen molar-refractivity contribution in [3.63, 3.8) is 0 Å². The predicted octanol–water partition coefficient (Wildman–Crippen LogP) is 0.714. The highest BCUT2D eigenvalue weighted by Crippen LogP contribution is 2.19. The third-order valence-corrected chi connectivity index (χ3v) is 3.59. The van der Waals surface area contributed by atoms with Crippen molar-refractivity contribution in [3.8, 4) is 0 Å². The third-order valence-electron chi connectivity index (χ3n) is 3.59. The Labute approximate surface area is 113 Å². The van der Waals surface area contributed by atoms with E-state index in [1.54, 1.807) is 16.7 Å². The van der Waals surface area contributed by atoms with Gasteiger partial charge < -0.3 is 19.3 Å². The number of morpholine rings is 1. The third kappa shape index (κ3) is 3.59. The number of hydrogen-bond donors (Lipinski definition) is 0. The van der Waals surface area contributed by atoms with Gasteiger partial charge in [-0.15, -0.1) is 0 Å². The van der Waals surface area contributed by atoms with Gasteiger partial charge >= 0.3 is 12.0 Å². The van der Waals surface area contributed by atoms with Gasteiger partial charge in [0.25, 0.3) is 0 Å². The van der Waals surface area contributed by atoms with Gasteiger partial charge in [0.2, 0.25) is 0 Å². The zero-order valence-corrected chi connectivity index (χ0v) is 11.5. The lowest BCUT2D eigenvalue weighted by Gasteiger charge is -2.36. The average molecular weight is 270 g/mol. The molecule has 1 atom stereocenters. The molecule has 6 nitrogen and oxygen atoms in total. The lowest BCUT2D eigenvalue weighted by Crippen LogP contribution is -2.51. The summed E-state index contributed by atoms with van der Waals surface area (Å²) in [6.45, 7) is 5.88. The first-order chi connectivity index (χ1) is 9.22. The van der Waals surface area contributed by atoms with Crippen LogP contribution in [-0.2, 0) is 14.3 Å². The maximum atomic E-state index is 12.3. The van der Waals surface area contributed by atoms with E-state index in [2.05, 4.69) is 0 Å². The molecular weight excluding hydrogens is 248 g/mol. The molecule has 0 N–H and O–H groups in total. The summed E-state index contributed by atoms with van der Waals surface area (Å²) in [4.78, 5) is 27.6. The SMILES string of the molecule is CCOC(=O)[C@@H]1CCCN(C(=O)N2CCOCC2)C1. The molecule has 2 amide bonds. The van der Waals surface area contributed by atoms with Crippen LogP contribution < -0.4 is 0 Å². The van der Waals surface area contributed by atoms with Crippen molar-refractivity contribution in [3.05, 3.63) is 0 Å². The number of piperidine rings is 1. The Hall–Kier alpha value is -1.30. The molecule has 2 aliphatic heterocycles. The molecule has 0 bridgehead atoms. The minimum Gasteiger partial charge on any atom is -0.466 e. The van der Waals surface area contributed by atoms with Gasteiger partial charge in [0, 0.05) is 26.2 Å². The van der Waals surface area contributed by atoms with Crippen LogP contribution in [0.3, 0.4) is 0 Å². The fourth-order valence-corrected chi connectivity index (χ4v) is 2.56. The first-order valence-corrected chi connectivity index (χ1v) is 7.00. The summed E-state index contributed by atoms with van der Waals surface area (Å²) in [7, 11) is 0. The van der Waals surface area contributed by atoms with Crippen LogP contribution in [0.25, 0.3) is 0 Å². The maximum Gasteiger partial charge on any atom is 0.320 e. The quantitative estimate of drug-likeness (QED) is 0.694. The monoisotopic (exact) mass is 270 g/mol. The van der Waals surface area contributed by atoms with Crippen molar-refractivity contribution in [2.75, 3.05) is 46.0 Å². The summed E-state index contributed by atoms with van der Waals surface area (Å²) < 4.78 is 10.3. The average Bonchev–Trinajstić information content (AvgIpc) is 2.48. The van der Waals surface area contributed by atoms with Gasteiger partial charge in [0.15, 0.2) is 0 Å². The summed E-state index contributed by atoms with van der Waals surface area (Å²) in [6, 6.07) is 0.0253. The topological polar surface area (TPSA) is 59.1 Å². The molecule has 108 valence electrons. The van der Waals surface area contributed by atoms with E-state index >= 15 is 0 Å². The minimum absolute atomic E-state index is 0.0253. The van der Waals surface area contributed by atoms with Crippen LogP contribution in [0.4, 0.5) is 4.79 Å². The smallest absolute Gasteiger partial charge is 0.320 e. The molecule has 2 aliphatic rings. The number of ether oxygens (including phenoxy) is 2. The number of nitrogens with zero attached hydrogens (tertiary/aromatic N) is 2. The summed E-state index contributed by atoms with van der Waals surface area (Å²) in [5, 5.41) is 0. The summed E-state index contributed by atoms with van der Waals surface area (Å²) >= 11 is 0. The van der Waals surface area contributed by atoms with E-state index < -0.39 is 0 Å². The minimum atomic E-state index is -0.179. The zero-order valence-electron chi connectivity index (χ0n) is 11.5. The number of amides is 2. The first-order valence-electron chi connectivity index (χ1n) is 7.00. The summed E-state index contributed by atoms with van der Waals surface area (Å²) in [5.74, 6) is -0.347. The van der Waals surface area contributed by atoms with Crippen LogP contribution >= 0.6 is 0 Å². The van der Waals surface area contributed by atoms with Gasteiger partial charge in [-0.1, -0.05) is 0 Å². The lowest BCUT2D eigenvalue weighted by molar-refractivity contribution is -0.149. The second kappa shape index (κ2) is 6.75. The molecule has 6 heteroatoms. The Morgan fingerprint density at radius 3 is 2.63 bits per heavy atom. The van der Waals surface area contributed by atoms with E-state index in [0.29, 0.717) is 39.5 Å². The van der Waals surface area contributed by atoms with Gasteiger partial charge in [-0.3, -0.25) is 4.79 Å². The second-order valence-corrected chi connectivity index (χ2v) is 4.92. The van der Waals surface area contributed by atoms with E-state index in [9.17, 15) is 9.59 Å². The standard InChI is InChI=1S/C13H22N2O4/c1-2-19-12(16)11-4-3-5-15(10-11)13(17)14-6-8-18-9-7-14/h11H,2-10H2,1H3/t11-/m1/s1. The Bertz CT molecular complexity index is 329. The van der Waals surface area contributed by atoms with E-state index in [0.717, 1.165) is 19.4 Å². The van der Waals surface area contributed by atoms with Crippen LogP contribution in [0.2, 0.25) is 0 Å². The molecule has 19 heavy (non-hydrogen) atoms. The van der Waals surface area contributed by atoms with Crippen LogP contribution in [-0.4, -0.2) is 67.8 Å². The van der Waals surface area contributed by atoms with Gasteiger partial charge in [-0.2, -0.15) is 0 Å². The highest BCUT2D eigenvalue weighted by molar-refractivity contribution is 5.77. The fraction of sp³-hybridized carbons (Fsp3) is 0.846. The molecule has 0 aromatic heterocycles. The first kappa shape index (κ1) is 14.1. The normalized spacial score (nSPS) is 24.2. The van der Waals surface area contributed by atoms with Crippen molar-refractivity contribution in [2.24, 2.45) is 5.92 Å². The molecular formula is C13H22N2O4. The molecule has 0 aromatic carbocycles. The van der Waals surface area contributed by atoms with Crippen molar-refractivity contribution < 1.29 is 19.1 Å². The van der Waals surface area contributed by atoms with Crippen molar-refractivity contribution in [1.29, 1.82) is 0 Å². The van der Waals surface area contributed by atoms with Crippen LogP contribution in [0, 0.1) is 5.92 Å². The van der Waals surface area contributed by atoms with E-state index in [1.165, 1.54) is 0 Å². The molecule has 0 spiro atoms. The zero-order chi connectivity index (χ0) is 13.7. The molecule has 0 saturated carbocycles. The molecule has 0 radical (unpaired) electrons. The van der Waals surface area contributed by atoms with E-state index in [1.807, 2.05) is 0 Å². The Morgan fingerprint density at radius 2 is 1.95 bits per heavy atom.